The third-order valence-corrected chi connectivity index (χ3v) is 6.49. The number of ketones is 1. The van der Waals surface area contributed by atoms with Crippen LogP contribution in [0.1, 0.15) is 34.0 Å². The average molecular weight is 414 g/mol. The van der Waals surface area contributed by atoms with Crippen molar-refractivity contribution < 1.29 is 27.5 Å². The van der Waals surface area contributed by atoms with E-state index >= 15 is 0 Å². The first-order valence-corrected chi connectivity index (χ1v) is 10.6. The van der Waals surface area contributed by atoms with Crippen molar-refractivity contribution in [3.05, 3.63) is 76.6 Å². The molecule has 0 saturated heterocycles. The van der Waals surface area contributed by atoms with Gasteiger partial charge in [-0.1, -0.05) is 19.1 Å². The van der Waals surface area contributed by atoms with Gasteiger partial charge in [0.15, 0.2) is 15.6 Å². The van der Waals surface area contributed by atoms with Gasteiger partial charge in [-0.3, -0.25) is 9.59 Å². The van der Waals surface area contributed by atoms with Crippen LogP contribution in [-0.2, 0) is 21.1 Å². The number of rotatable bonds is 6. The van der Waals surface area contributed by atoms with Gasteiger partial charge in [0.25, 0.3) is 0 Å². The second-order valence-corrected chi connectivity index (χ2v) is 9.07. The molecule has 0 fully saturated rings. The van der Waals surface area contributed by atoms with E-state index in [1.807, 2.05) is 0 Å². The van der Waals surface area contributed by atoms with Gasteiger partial charge in [-0.2, -0.15) is 0 Å². The predicted octanol–water partition coefficient (Wildman–Crippen LogP) is 3.94. The summed E-state index contributed by atoms with van der Waals surface area (Å²) < 4.78 is 38.0. The minimum Gasteiger partial charge on any atom is -0.481 e. The first kappa shape index (κ1) is 20.7. The number of benzene rings is 3. The number of hydrogen-bond acceptors (Lipinski definition) is 4. The summed E-state index contributed by atoms with van der Waals surface area (Å²) in [5.74, 6) is -2.04. The summed E-state index contributed by atoms with van der Waals surface area (Å²) in [4.78, 5) is 24.5. The third-order valence-electron chi connectivity index (χ3n) is 4.76. The lowest BCUT2D eigenvalue weighted by molar-refractivity contribution is -0.136. The summed E-state index contributed by atoms with van der Waals surface area (Å²) in [5.41, 5.74) is 1.34. The lowest BCUT2D eigenvalue weighted by atomic mass is 9.92. The second-order valence-electron chi connectivity index (χ2n) is 6.79. The number of fused-ring (bicyclic) bond motifs is 1. The van der Waals surface area contributed by atoms with Crippen LogP contribution >= 0.6 is 0 Å². The molecular formula is C22H19FO5S. The Morgan fingerprint density at radius 2 is 1.72 bits per heavy atom. The number of carboxylic acids is 1. The summed E-state index contributed by atoms with van der Waals surface area (Å²) >= 11 is 0. The standard InChI is InChI=1S/C22H19FO5S/c1-3-29(27,28)17-6-7-18(13(2)8-17)22(26)20-10-14(11-21(24)25)9-15-4-5-16(23)12-19(15)20/h4-10,12H,3,11H2,1-2H3,(H,24,25). The van der Waals surface area contributed by atoms with E-state index in [4.69, 9.17) is 5.11 Å². The van der Waals surface area contributed by atoms with Crippen LogP contribution in [0.4, 0.5) is 4.39 Å². The van der Waals surface area contributed by atoms with Crippen molar-refractivity contribution in [1.29, 1.82) is 0 Å². The fraction of sp³-hybridized carbons (Fsp3) is 0.182. The van der Waals surface area contributed by atoms with Crippen LogP contribution < -0.4 is 0 Å². The lowest BCUT2D eigenvalue weighted by Gasteiger charge is -2.12. The molecule has 150 valence electrons. The number of hydrogen-bond donors (Lipinski definition) is 1. The highest BCUT2D eigenvalue weighted by Gasteiger charge is 2.19. The Bertz CT molecular complexity index is 1250. The summed E-state index contributed by atoms with van der Waals surface area (Å²) in [6.07, 6.45) is -0.278. The monoisotopic (exact) mass is 414 g/mol. The van der Waals surface area contributed by atoms with E-state index in [-0.39, 0.29) is 28.2 Å². The third kappa shape index (κ3) is 4.19. The number of carbonyl (C=O) groups excluding carboxylic acids is 1. The number of aryl methyl sites for hydroxylation is 1. The van der Waals surface area contributed by atoms with Crippen LogP contribution in [-0.4, -0.2) is 31.0 Å². The van der Waals surface area contributed by atoms with Gasteiger partial charge in [0.05, 0.1) is 17.1 Å². The van der Waals surface area contributed by atoms with E-state index < -0.39 is 27.4 Å². The first-order valence-electron chi connectivity index (χ1n) is 8.94. The minimum atomic E-state index is -3.41. The van der Waals surface area contributed by atoms with Gasteiger partial charge in [-0.15, -0.1) is 0 Å². The number of carboxylic acid groups (broad SMARTS) is 1. The maximum Gasteiger partial charge on any atom is 0.307 e. The zero-order chi connectivity index (χ0) is 21.3. The molecule has 0 aromatic heterocycles. The highest BCUT2D eigenvalue weighted by Crippen LogP contribution is 2.27. The van der Waals surface area contributed by atoms with E-state index in [2.05, 4.69) is 0 Å². The van der Waals surface area contributed by atoms with Crippen LogP contribution in [0.15, 0.2) is 53.4 Å². The second kappa shape index (κ2) is 7.75. The zero-order valence-electron chi connectivity index (χ0n) is 15.9. The van der Waals surface area contributed by atoms with Crippen molar-refractivity contribution in [2.45, 2.75) is 25.2 Å². The zero-order valence-corrected chi connectivity index (χ0v) is 16.7. The van der Waals surface area contributed by atoms with E-state index in [1.165, 1.54) is 42.5 Å². The molecular weight excluding hydrogens is 395 g/mol. The molecule has 0 unspecified atom stereocenters. The molecule has 0 radical (unpaired) electrons. The Morgan fingerprint density at radius 1 is 1.00 bits per heavy atom. The predicted molar refractivity (Wildman–Crippen MR) is 108 cm³/mol. The van der Waals surface area contributed by atoms with Crippen LogP contribution in [0.5, 0.6) is 0 Å². The molecule has 0 aliphatic heterocycles. The molecule has 0 saturated carbocycles. The molecule has 0 aliphatic carbocycles. The molecule has 0 bridgehead atoms. The van der Waals surface area contributed by atoms with Gasteiger partial charge in [-0.25, -0.2) is 12.8 Å². The van der Waals surface area contributed by atoms with Gasteiger partial charge in [0.1, 0.15) is 5.82 Å². The number of halogens is 1. The topological polar surface area (TPSA) is 88.5 Å². The van der Waals surface area contributed by atoms with E-state index in [9.17, 15) is 22.4 Å². The Kier molecular flexibility index (Phi) is 5.53. The van der Waals surface area contributed by atoms with Crippen molar-refractivity contribution >= 4 is 32.4 Å². The maximum atomic E-state index is 13.8. The van der Waals surface area contributed by atoms with Crippen LogP contribution in [0.25, 0.3) is 10.8 Å². The number of aliphatic carboxylic acids is 1. The highest BCUT2D eigenvalue weighted by atomic mass is 32.2. The fourth-order valence-electron chi connectivity index (χ4n) is 3.25. The molecule has 0 atom stereocenters. The van der Waals surface area contributed by atoms with Gasteiger partial charge < -0.3 is 5.11 Å². The van der Waals surface area contributed by atoms with Gasteiger partial charge in [-0.05, 0) is 65.2 Å². The molecule has 5 nitrogen and oxygen atoms in total. The largest absolute Gasteiger partial charge is 0.481 e. The van der Waals surface area contributed by atoms with Crippen molar-refractivity contribution in [2.24, 2.45) is 0 Å². The summed E-state index contributed by atoms with van der Waals surface area (Å²) in [7, 11) is -3.41. The summed E-state index contributed by atoms with van der Waals surface area (Å²) in [6.45, 7) is 3.17. The smallest absolute Gasteiger partial charge is 0.307 e. The minimum absolute atomic E-state index is 0.0547. The van der Waals surface area contributed by atoms with Crippen molar-refractivity contribution in [2.75, 3.05) is 5.75 Å². The molecule has 3 aromatic carbocycles. The molecule has 1 N–H and O–H groups in total. The Hall–Kier alpha value is -3.06. The Morgan fingerprint density at radius 3 is 2.34 bits per heavy atom. The molecule has 0 heterocycles. The summed E-state index contributed by atoms with van der Waals surface area (Å²) in [5, 5.41) is 10.0. The van der Waals surface area contributed by atoms with Gasteiger partial charge >= 0.3 is 5.97 Å². The van der Waals surface area contributed by atoms with Crippen molar-refractivity contribution in [3.8, 4) is 0 Å². The average Bonchev–Trinajstić information content (AvgIpc) is 2.66. The molecule has 0 aliphatic rings. The summed E-state index contributed by atoms with van der Waals surface area (Å²) in [6, 6.07) is 11.3. The van der Waals surface area contributed by atoms with Crippen LogP contribution in [0.2, 0.25) is 0 Å². The lowest BCUT2D eigenvalue weighted by Crippen LogP contribution is -2.09. The highest BCUT2D eigenvalue weighted by molar-refractivity contribution is 7.91. The number of sulfone groups is 1. The maximum absolute atomic E-state index is 13.8. The molecule has 3 rings (SSSR count). The quantitative estimate of drug-likeness (QED) is 0.617. The number of carbonyl (C=O) groups is 2. The SMILES string of the molecule is CCS(=O)(=O)c1ccc(C(=O)c2cc(CC(=O)O)cc3ccc(F)cc23)c(C)c1. The first-order chi connectivity index (χ1) is 13.6. The van der Waals surface area contributed by atoms with Crippen LogP contribution in [0.3, 0.4) is 0 Å². The Labute approximate surface area is 167 Å². The Balaban J connectivity index is 2.18. The fourth-order valence-corrected chi connectivity index (χ4v) is 4.22. The molecule has 0 amide bonds. The van der Waals surface area contributed by atoms with Gasteiger partial charge in [0.2, 0.25) is 0 Å². The van der Waals surface area contributed by atoms with E-state index in [1.54, 1.807) is 19.9 Å². The molecule has 29 heavy (non-hydrogen) atoms. The normalized spacial score (nSPS) is 11.6. The van der Waals surface area contributed by atoms with E-state index in [0.29, 0.717) is 21.9 Å². The molecule has 0 spiro atoms. The molecule has 7 heteroatoms. The van der Waals surface area contributed by atoms with Crippen molar-refractivity contribution in [1.82, 2.24) is 0 Å². The van der Waals surface area contributed by atoms with Crippen molar-refractivity contribution in [3.63, 3.8) is 0 Å². The molecule has 3 aromatic rings. The van der Waals surface area contributed by atoms with Gasteiger partial charge in [0, 0.05) is 11.1 Å². The van der Waals surface area contributed by atoms with Crippen LogP contribution in [0, 0.1) is 12.7 Å². The van der Waals surface area contributed by atoms with E-state index in [0.717, 1.165) is 0 Å².